The molecule has 0 aliphatic carbocycles. The lowest BCUT2D eigenvalue weighted by Gasteiger charge is -2.34. The van der Waals surface area contributed by atoms with Crippen molar-refractivity contribution in [3.63, 3.8) is 0 Å². The summed E-state index contributed by atoms with van der Waals surface area (Å²) in [7, 11) is -4.47. The van der Waals surface area contributed by atoms with Crippen molar-refractivity contribution in [1.29, 1.82) is 0 Å². The highest BCUT2D eigenvalue weighted by Gasteiger charge is 2.27. The maximum Gasteiger partial charge on any atom is 0.243 e. The first-order valence-corrected chi connectivity index (χ1v) is 9.98. The Hall–Kier alpha value is -2.01. The standard InChI is InChI=1S/C18H18F4N2O3S/c19-13-3-1-2-12(8-13)17(24-4-6-27-7-5-24)11-23-28(25,26)18-10-15(21)14(20)9-16(18)22/h1-3,8-10,17,23H,4-7,11H2. The van der Waals surface area contributed by atoms with Crippen molar-refractivity contribution in [2.45, 2.75) is 10.9 Å². The second-order valence-corrected chi connectivity index (χ2v) is 8.00. The third kappa shape index (κ3) is 4.69. The minimum absolute atomic E-state index is 0.177. The molecule has 1 heterocycles. The Kier molecular flexibility index (Phi) is 6.33. The van der Waals surface area contributed by atoms with E-state index in [0.29, 0.717) is 37.9 Å². The predicted molar refractivity (Wildman–Crippen MR) is 93.0 cm³/mol. The summed E-state index contributed by atoms with van der Waals surface area (Å²) in [5.41, 5.74) is 0.523. The van der Waals surface area contributed by atoms with E-state index in [0.717, 1.165) is 0 Å². The first-order valence-electron chi connectivity index (χ1n) is 8.49. The molecule has 2 aromatic carbocycles. The fourth-order valence-corrected chi connectivity index (χ4v) is 4.14. The normalized spacial score (nSPS) is 16.9. The molecule has 1 aliphatic rings. The summed E-state index contributed by atoms with van der Waals surface area (Å²) < 4.78 is 86.4. The van der Waals surface area contributed by atoms with E-state index in [-0.39, 0.29) is 12.6 Å². The molecule has 1 unspecified atom stereocenters. The number of nitrogens with one attached hydrogen (secondary N) is 1. The van der Waals surface area contributed by atoms with E-state index in [9.17, 15) is 26.0 Å². The Morgan fingerprint density at radius 1 is 1.00 bits per heavy atom. The molecule has 0 aromatic heterocycles. The molecule has 28 heavy (non-hydrogen) atoms. The van der Waals surface area contributed by atoms with Crippen LogP contribution in [0.1, 0.15) is 11.6 Å². The molecule has 10 heteroatoms. The third-order valence-electron chi connectivity index (χ3n) is 4.45. The van der Waals surface area contributed by atoms with Gasteiger partial charge in [0, 0.05) is 31.7 Å². The van der Waals surface area contributed by atoms with E-state index >= 15 is 0 Å². The Balaban J connectivity index is 1.86. The van der Waals surface area contributed by atoms with Crippen LogP contribution in [0.2, 0.25) is 0 Å². The zero-order valence-corrected chi connectivity index (χ0v) is 15.5. The minimum Gasteiger partial charge on any atom is -0.379 e. The van der Waals surface area contributed by atoms with Gasteiger partial charge in [-0.05, 0) is 23.8 Å². The van der Waals surface area contributed by atoms with Crippen molar-refractivity contribution < 1.29 is 30.7 Å². The number of hydrogen-bond donors (Lipinski definition) is 1. The maximum atomic E-state index is 13.9. The van der Waals surface area contributed by atoms with Crippen LogP contribution >= 0.6 is 0 Å². The average Bonchev–Trinajstić information content (AvgIpc) is 2.65. The van der Waals surface area contributed by atoms with Crippen LogP contribution in [0.15, 0.2) is 41.3 Å². The van der Waals surface area contributed by atoms with Gasteiger partial charge in [0.2, 0.25) is 10.0 Å². The highest BCUT2D eigenvalue weighted by molar-refractivity contribution is 7.89. The van der Waals surface area contributed by atoms with Crippen molar-refractivity contribution in [3.05, 3.63) is 65.2 Å². The molecule has 0 spiro atoms. The fraction of sp³-hybridized carbons (Fsp3) is 0.333. The monoisotopic (exact) mass is 418 g/mol. The highest BCUT2D eigenvalue weighted by atomic mass is 32.2. The zero-order chi connectivity index (χ0) is 20.3. The fourth-order valence-electron chi connectivity index (χ4n) is 3.04. The molecular weight excluding hydrogens is 400 g/mol. The molecule has 2 aromatic rings. The first kappa shape index (κ1) is 20.7. The minimum atomic E-state index is -4.47. The lowest BCUT2D eigenvalue weighted by molar-refractivity contribution is 0.0171. The van der Waals surface area contributed by atoms with Gasteiger partial charge >= 0.3 is 0 Å². The number of benzene rings is 2. The average molecular weight is 418 g/mol. The van der Waals surface area contributed by atoms with Crippen LogP contribution in [0.4, 0.5) is 17.6 Å². The SMILES string of the molecule is O=S(=O)(NCC(c1cccc(F)c1)N1CCOCC1)c1cc(F)c(F)cc1F. The van der Waals surface area contributed by atoms with Gasteiger partial charge in [0.25, 0.3) is 0 Å². The second-order valence-electron chi connectivity index (χ2n) is 6.27. The van der Waals surface area contributed by atoms with Crippen LogP contribution in [-0.2, 0) is 14.8 Å². The van der Waals surface area contributed by atoms with Gasteiger partial charge in [-0.1, -0.05) is 12.1 Å². The molecule has 1 atom stereocenters. The van der Waals surface area contributed by atoms with Crippen molar-refractivity contribution in [2.24, 2.45) is 0 Å². The van der Waals surface area contributed by atoms with E-state index in [1.165, 1.54) is 18.2 Å². The van der Waals surface area contributed by atoms with Gasteiger partial charge in [-0.25, -0.2) is 30.7 Å². The van der Waals surface area contributed by atoms with E-state index in [2.05, 4.69) is 4.72 Å². The van der Waals surface area contributed by atoms with Gasteiger partial charge < -0.3 is 4.74 Å². The van der Waals surface area contributed by atoms with Gasteiger partial charge in [0.15, 0.2) is 11.6 Å². The predicted octanol–water partition coefficient (Wildman–Crippen LogP) is 2.59. The third-order valence-corrected chi connectivity index (χ3v) is 5.89. The van der Waals surface area contributed by atoms with Crippen LogP contribution in [0.5, 0.6) is 0 Å². The van der Waals surface area contributed by atoms with Crippen LogP contribution in [0.25, 0.3) is 0 Å². The topological polar surface area (TPSA) is 58.6 Å². The largest absolute Gasteiger partial charge is 0.379 e. The van der Waals surface area contributed by atoms with Crippen molar-refractivity contribution in [3.8, 4) is 0 Å². The highest BCUT2D eigenvalue weighted by Crippen LogP contribution is 2.24. The summed E-state index contributed by atoms with van der Waals surface area (Å²) in [6.07, 6.45) is 0. The maximum absolute atomic E-state index is 13.9. The summed E-state index contributed by atoms with van der Waals surface area (Å²) in [6, 6.07) is 5.61. The molecule has 1 fully saturated rings. The molecule has 1 saturated heterocycles. The lowest BCUT2D eigenvalue weighted by atomic mass is 10.0. The van der Waals surface area contributed by atoms with Gasteiger partial charge in [-0.3, -0.25) is 4.90 Å². The first-order chi connectivity index (χ1) is 13.3. The Morgan fingerprint density at radius 3 is 2.36 bits per heavy atom. The van der Waals surface area contributed by atoms with Crippen LogP contribution in [0.3, 0.4) is 0 Å². The van der Waals surface area contributed by atoms with E-state index in [1.54, 1.807) is 6.07 Å². The van der Waals surface area contributed by atoms with Gasteiger partial charge in [-0.15, -0.1) is 0 Å². The molecule has 0 bridgehead atoms. The smallest absolute Gasteiger partial charge is 0.243 e. The van der Waals surface area contributed by atoms with Crippen LogP contribution < -0.4 is 4.72 Å². The van der Waals surface area contributed by atoms with Gasteiger partial charge in [0.1, 0.15) is 16.5 Å². The Morgan fingerprint density at radius 2 is 1.68 bits per heavy atom. The number of rotatable bonds is 6. The molecule has 0 saturated carbocycles. The van der Waals surface area contributed by atoms with Gasteiger partial charge in [-0.2, -0.15) is 0 Å². The summed E-state index contributed by atoms with van der Waals surface area (Å²) in [4.78, 5) is 0.911. The van der Waals surface area contributed by atoms with Crippen molar-refractivity contribution in [1.82, 2.24) is 9.62 Å². The number of ether oxygens (including phenoxy) is 1. The van der Waals surface area contributed by atoms with Crippen LogP contribution in [-0.4, -0.2) is 46.2 Å². The second kappa shape index (κ2) is 8.56. The van der Waals surface area contributed by atoms with E-state index in [1.807, 2.05) is 4.90 Å². The zero-order valence-electron chi connectivity index (χ0n) is 14.7. The number of hydrogen-bond acceptors (Lipinski definition) is 4. The summed E-state index contributed by atoms with van der Waals surface area (Å²) in [6.45, 7) is 1.61. The molecule has 5 nitrogen and oxygen atoms in total. The van der Waals surface area contributed by atoms with E-state index < -0.39 is 44.2 Å². The molecule has 0 radical (unpaired) electrons. The quantitative estimate of drug-likeness (QED) is 0.579. The number of morpholine rings is 1. The van der Waals surface area contributed by atoms with E-state index in [4.69, 9.17) is 4.74 Å². The van der Waals surface area contributed by atoms with Crippen molar-refractivity contribution in [2.75, 3.05) is 32.8 Å². The number of nitrogens with zero attached hydrogens (tertiary/aromatic N) is 1. The summed E-state index contributed by atoms with van der Waals surface area (Å²) in [5.74, 6) is -4.84. The molecule has 1 aliphatic heterocycles. The molecule has 0 amide bonds. The van der Waals surface area contributed by atoms with Gasteiger partial charge in [0.05, 0.1) is 13.2 Å². The Bertz CT molecular complexity index is 950. The molecular formula is C18H18F4N2O3S. The number of sulfonamides is 1. The number of halogens is 4. The van der Waals surface area contributed by atoms with Crippen molar-refractivity contribution >= 4 is 10.0 Å². The molecule has 152 valence electrons. The molecule has 3 rings (SSSR count). The lowest BCUT2D eigenvalue weighted by Crippen LogP contribution is -2.43. The summed E-state index contributed by atoms with van der Waals surface area (Å²) >= 11 is 0. The summed E-state index contributed by atoms with van der Waals surface area (Å²) in [5, 5.41) is 0. The Labute approximate surface area is 160 Å². The van der Waals surface area contributed by atoms with Crippen LogP contribution in [0, 0.1) is 23.3 Å². The molecule has 1 N–H and O–H groups in total.